The van der Waals surface area contributed by atoms with Crippen molar-refractivity contribution in [1.82, 2.24) is 4.90 Å². The maximum absolute atomic E-state index is 4.14. The Morgan fingerprint density at radius 2 is 2.00 bits per heavy atom. The lowest BCUT2D eigenvalue weighted by molar-refractivity contribution is 0.314. The van der Waals surface area contributed by atoms with E-state index in [0.29, 0.717) is 5.92 Å². The zero-order chi connectivity index (χ0) is 15.5. The summed E-state index contributed by atoms with van der Waals surface area (Å²) < 4.78 is 0. The summed E-state index contributed by atoms with van der Waals surface area (Å²) in [5, 5.41) is 0. The van der Waals surface area contributed by atoms with Gasteiger partial charge in [0.05, 0.1) is 0 Å². The van der Waals surface area contributed by atoms with Crippen LogP contribution in [-0.2, 0) is 13.0 Å². The SMILES string of the molecule is C=CC(=C)N1Cc2ccc(CC)cc2[C@H](c2ccccc2)C1. The van der Waals surface area contributed by atoms with Crippen LogP contribution in [0.3, 0.4) is 0 Å². The minimum Gasteiger partial charge on any atom is -0.367 e. The molecule has 0 aliphatic carbocycles. The van der Waals surface area contributed by atoms with Crippen molar-refractivity contribution in [2.24, 2.45) is 0 Å². The van der Waals surface area contributed by atoms with Crippen LogP contribution in [0.4, 0.5) is 0 Å². The molecule has 0 unspecified atom stereocenters. The normalized spacial score (nSPS) is 17.0. The van der Waals surface area contributed by atoms with Gasteiger partial charge in [0.2, 0.25) is 0 Å². The van der Waals surface area contributed by atoms with Crippen molar-refractivity contribution in [3.8, 4) is 0 Å². The highest BCUT2D eigenvalue weighted by Crippen LogP contribution is 2.35. The fraction of sp³-hybridized carbons (Fsp3) is 0.238. The van der Waals surface area contributed by atoms with Crippen LogP contribution in [0.1, 0.15) is 35.1 Å². The van der Waals surface area contributed by atoms with E-state index in [4.69, 9.17) is 0 Å². The van der Waals surface area contributed by atoms with Gasteiger partial charge in [-0.1, -0.05) is 68.6 Å². The molecule has 1 atom stereocenters. The molecule has 2 aromatic carbocycles. The molecule has 0 bridgehead atoms. The van der Waals surface area contributed by atoms with Crippen molar-refractivity contribution >= 4 is 0 Å². The second kappa shape index (κ2) is 6.23. The van der Waals surface area contributed by atoms with Gasteiger partial charge in [-0.05, 0) is 34.8 Å². The second-order valence-corrected chi connectivity index (χ2v) is 5.93. The Balaban J connectivity index is 2.07. The first-order chi connectivity index (χ1) is 10.7. The third-order valence-corrected chi connectivity index (χ3v) is 4.60. The molecule has 0 fully saturated rings. The average molecular weight is 289 g/mol. The van der Waals surface area contributed by atoms with Gasteiger partial charge in [0.25, 0.3) is 0 Å². The monoisotopic (exact) mass is 289 g/mol. The number of fused-ring (bicyclic) bond motifs is 1. The molecule has 0 spiro atoms. The number of hydrogen-bond acceptors (Lipinski definition) is 1. The highest BCUT2D eigenvalue weighted by Gasteiger charge is 2.26. The van der Waals surface area contributed by atoms with Crippen molar-refractivity contribution in [2.45, 2.75) is 25.8 Å². The molecule has 0 amide bonds. The zero-order valence-electron chi connectivity index (χ0n) is 13.3. The summed E-state index contributed by atoms with van der Waals surface area (Å²) in [5.74, 6) is 0.396. The number of allylic oxidation sites excluding steroid dienone is 1. The summed E-state index contributed by atoms with van der Waals surface area (Å²) in [4.78, 5) is 2.33. The van der Waals surface area contributed by atoms with Crippen LogP contribution < -0.4 is 0 Å². The van der Waals surface area contributed by atoms with Crippen LogP contribution >= 0.6 is 0 Å². The van der Waals surface area contributed by atoms with E-state index in [2.05, 4.69) is 73.5 Å². The van der Waals surface area contributed by atoms with E-state index in [1.165, 1.54) is 22.3 Å². The smallest absolute Gasteiger partial charge is 0.0432 e. The zero-order valence-corrected chi connectivity index (χ0v) is 13.3. The van der Waals surface area contributed by atoms with Gasteiger partial charge in [0.1, 0.15) is 0 Å². The summed E-state index contributed by atoms with van der Waals surface area (Å²) in [5.41, 5.74) is 6.67. The van der Waals surface area contributed by atoms with Crippen molar-refractivity contribution in [3.05, 3.63) is 95.7 Å². The lowest BCUT2D eigenvalue weighted by atomic mass is 9.83. The van der Waals surface area contributed by atoms with E-state index in [-0.39, 0.29) is 0 Å². The third-order valence-electron chi connectivity index (χ3n) is 4.60. The van der Waals surface area contributed by atoms with Crippen LogP contribution in [0.5, 0.6) is 0 Å². The molecule has 0 N–H and O–H groups in total. The molecule has 0 aromatic heterocycles. The van der Waals surface area contributed by atoms with E-state index in [1.807, 2.05) is 6.08 Å². The van der Waals surface area contributed by atoms with E-state index in [1.54, 1.807) is 0 Å². The maximum atomic E-state index is 4.14. The predicted octanol–water partition coefficient (Wildman–Crippen LogP) is 4.90. The van der Waals surface area contributed by atoms with E-state index in [9.17, 15) is 0 Å². The van der Waals surface area contributed by atoms with Crippen LogP contribution in [0, 0.1) is 0 Å². The first-order valence-corrected chi connectivity index (χ1v) is 7.96. The Morgan fingerprint density at radius 1 is 1.23 bits per heavy atom. The Morgan fingerprint density at radius 3 is 2.68 bits per heavy atom. The van der Waals surface area contributed by atoms with Gasteiger partial charge in [-0.15, -0.1) is 0 Å². The molecule has 3 rings (SSSR count). The quantitative estimate of drug-likeness (QED) is 0.724. The van der Waals surface area contributed by atoms with Gasteiger partial charge >= 0.3 is 0 Å². The molecule has 1 aliphatic rings. The van der Waals surface area contributed by atoms with Crippen LogP contribution in [0.25, 0.3) is 0 Å². The number of aryl methyl sites for hydroxylation is 1. The fourth-order valence-corrected chi connectivity index (χ4v) is 3.24. The first-order valence-electron chi connectivity index (χ1n) is 7.96. The lowest BCUT2D eigenvalue weighted by Gasteiger charge is -2.37. The minimum atomic E-state index is 0.396. The Kier molecular flexibility index (Phi) is 4.15. The topological polar surface area (TPSA) is 3.24 Å². The molecular weight excluding hydrogens is 266 g/mol. The molecule has 2 aromatic rings. The van der Waals surface area contributed by atoms with Gasteiger partial charge in [0.15, 0.2) is 0 Å². The van der Waals surface area contributed by atoms with Gasteiger partial charge < -0.3 is 4.90 Å². The fourth-order valence-electron chi connectivity index (χ4n) is 3.24. The molecule has 0 saturated carbocycles. The highest BCUT2D eigenvalue weighted by atomic mass is 15.1. The van der Waals surface area contributed by atoms with E-state index < -0.39 is 0 Å². The van der Waals surface area contributed by atoms with Crippen LogP contribution in [0.15, 0.2) is 73.5 Å². The largest absolute Gasteiger partial charge is 0.367 e. The number of nitrogens with zero attached hydrogens (tertiary/aromatic N) is 1. The molecule has 1 aliphatic heterocycles. The summed E-state index contributed by atoms with van der Waals surface area (Å²) in [7, 11) is 0. The number of rotatable bonds is 4. The molecule has 1 nitrogen and oxygen atoms in total. The molecule has 1 heteroatoms. The van der Waals surface area contributed by atoms with Crippen molar-refractivity contribution in [1.29, 1.82) is 0 Å². The maximum Gasteiger partial charge on any atom is 0.0432 e. The highest BCUT2D eigenvalue weighted by molar-refractivity contribution is 5.43. The molecule has 22 heavy (non-hydrogen) atoms. The van der Waals surface area contributed by atoms with Crippen molar-refractivity contribution < 1.29 is 0 Å². The average Bonchev–Trinajstić information content (AvgIpc) is 2.60. The van der Waals surface area contributed by atoms with Gasteiger partial charge in [-0.25, -0.2) is 0 Å². The molecule has 0 radical (unpaired) electrons. The van der Waals surface area contributed by atoms with E-state index >= 15 is 0 Å². The van der Waals surface area contributed by atoms with Crippen molar-refractivity contribution in [3.63, 3.8) is 0 Å². The number of benzene rings is 2. The Bertz CT molecular complexity index is 684. The molecule has 112 valence electrons. The number of hydrogen-bond donors (Lipinski definition) is 0. The van der Waals surface area contributed by atoms with Gasteiger partial charge in [-0.3, -0.25) is 0 Å². The van der Waals surface area contributed by atoms with Crippen LogP contribution in [0.2, 0.25) is 0 Å². The van der Waals surface area contributed by atoms with Crippen LogP contribution in [-0.4, -0.2) is 11.4 Å². The molecular formula is C21H23N. The minimum absolute atomic E-state index is 0.396. The predicted molar refractivity (Wildman–Crippen MR) is 93.9 cm³/mol. The molecule has 0 saturated heterocycles. The Hall–Kier alpha value is -2.28. The third kappa shape index (κ3) is 2.71. The summed E-state index contributed by atoms with van der Waals surface area (Å²) >= 11 is 0. The Labute approximate surface area is 133 Å². The summed E-state index contributed by atoms with van der Waals surface area (Å²) in [6.07, 6.45) is 2.94. The molecule has 1 heterocycles. The van der Waals surface area contributed by atoms with Gasteiger partial charge in [0, 0.05) is 24.7 Å². The summed E-state index contributed by atoms with van der Waals surface area (Å²) in [6.45, 7) is 12.1. The van der Waals surface area contributed by atoms with Gasteiger partial charge in [-0.2, -0.15) is 0 Å². The lowest BCUT2D eigenvalue weighted by Crippen LogP contribution is -2.32. The first kappa shape index (κ1) is 14.6. The van der Waals surface area contributed by atoms with Crippen molar-refractivity contribution in [2.75, 3.05) is 6.54 Å². The second-order valence-electron chi connectivity index (χ2n) is 5.93. The summed E-state index contributed by atoms with van der Waals surface area (Å²) in [6, 6.07) is 17.7. The van der Waals surface area contributed by atoms with E-state index in [0.717, 1.165) is 25.2 Å². The standard InChI is InChI=1S/C21H23N/c1-4-16(3)22-14-19-12-11-17(5-2)13-20(19)21(15-22)18-9-7-6-8-10-18/h4,6-13,21H,1,3,5,14-15H2,2H3/t21-/m0/s1.